The van der Waals surface area contributed by atoms with E-state index in [0.717, 1.165) is 25.2 Å². The molecule has 0 aromatic carbocycles. The zero-order chi connectivity index (χ0) is 12.2. The average Bonchev–Trinajstić information content (AvgIpc) is 2.18. The smallest absolute Gasteiger partial charge is 0.153 e. The lowest BCUT2D eigenvalue weighted by Crippen LogP contribution is -2.47. The van der Waals surface area contributed by atoms with Crippen molar-refractivity contribution in [1.29, 1.82) is 0 Å². The van der Waals surface area contributed by atoms with Crippen molar-refractivity contribution < 1.29 is 8.42 Å². The van der Waals surface area contributed by atoms with Gasteiger partial charge >= 0.3 is 0 Å². The summed E-state index contributed by atoms with van der Waals surface area (Å²) in [6.07, 6.45) is 0. The Hall–Kier alpha value is -0.390. The molecule has 0 aromatic rings. The van der Waals surface area contributed by atoms with Crippen LogP contribution in [-0.2, 0) is 9.84 Å². The number of nitrogens with zero attached hydrogens (tertiary/aromatic N) is 1. The summed E-state index contributed by atoms with van der Waals surface area (Å²) in [6.45, 7) is 11.2. The largest absolute Gasteiger partial charge is 0.313 e. The molecule has 0 saturated carbocycles. The molecule has 1 heterocycles. The van der Waals surface area contributed by atoms with E-state index in [1.54, 1.807) is 0 Å². The minimum Gasteiger partial charge on any atom is -0.313 e. The van der Waals surface area contributed by atoms with Crippen LogP contribution in [0.15, 0.2) is 12.2 Å². The highest BCUT2D eigenvalue weighted by Crippen LogP contribution is 2.12. The van der Waals surface area contributed by atoms with Crippen LogP contribution in [0.3, 0.4) is 0 Å². The van der Waals surface area contributed by atoms with Crippen LogP contribution in [0.4, 0.5) is 0 Å². The topological polar surface area (TPSA) is 49.4 Å². The molecule has 1 aliphatic heterocycles. The zero-order valence-corrected chi connectivity index (χ0v) is 11.0. The maximum Gasteiger partial charge on any atom is 0.153 e. The molecule has 1 N–H and O–H groups in total. The van der Waals surface area contributed by atoms with Crippen molar-refractivity contribution in [1.82, 2.24) is 10.2 Å². The van der Waals surface area contributed by atoms with Crippen LogP contribution in [-0.4, -0.2) is 57.0 Å². The zero-order valence-electron chi connectivity index (χ0n) is 10.2. The molecule has 0 amide bonds. The van der Waals surface area contributed by atoms with Crippen LogP contribution in [0.1, 0.15) is 13.8 Å². The van der Waals surface area contributed by atoms with Gasteiger partial charge in [-0.1, -0.05) is 13.5 Å². The van der Waals surface area contributed by atoms with Gasteiger partial charge in [0.25, 0.3) is 0 Å². The van der Waals surface area contributed by atoms with E-state index in [2.05, 4.69) is 23.7 Å². The summed E-state index contributed by atoms with van der Waals surface area (Å²) in [7, 11) is -2.80. The van der Waals surface area contributed by atoms with E-state index >= 15 is 0 Å². The van der Waals surface area contributed by atoms with Gasteiger partial charge in [0.2, 0.25) is 0 Å². The van der Waals surface area contributed by atoms with E-state index in [1.165, 1.54) is 0 Å². The lowest BCUT2D eigenvalue weighted by Gasteiger charge is -2.33. The van der Waals surface area contributed by atoms with Crippen LogP contribution < -0.4 is 5.32 Å². The van der Waals surface area contributed by atoms with Gasteiger partial charge in [0.15, 0.2) is 9.84 Å². The van der Waals surface area contributed by atoms with Crippen molar-refractivity contribution in [2.24, 2.45) is 0 Å². The standard InChI is InChI=1S/C11H22N2O2S/c1-4-12-7-10(2)8-13-5-6-16(14,15)9-11(13)3/h11-12H,2,4-9H2,1,3H3. The molecule has 1 atom stereocenters. The van der Waals surface area contributed by atoms with Crippen LogP contribution in [0.25, 0.3) is 0 Å². The molecule has 0 aromatic heterocycles. The fourth-order valence-corrected chi connectivity index (χ4v) is 3.54. The van der Waals surface area contributed by atoms with E-state index in [-0.39, 0.29) is 17.5 Å². The SMILES string of the molecule is C=C(CNCC)CN1CCS(=O)(=O)CC1C. The maximum absolute atomic E-state index is 11.4. The van der Waals surface area contributed by atoms with E-state index in [4.69, 9.17) is 0 Å². The Bertz CT molecular complexity index is 338. The first-order valence-electron chi connectivity index (χ1n) is 5.76. The predicted molar refractivity (Wildman–Crippen MR) is 67.4 cm³/mol. The Kier molecular flexibility index (Phi) is 4.95. The Morgan fingerprint density at radius 1 is 1.56 bits per heavy atom. The Balaban J connectivity index is 2.41. The van der Waals surface area contributed by atoms with Gasteiger partial charge in [-0.25, -0.2) is 8.42 Å². The number of rotatable bonds is 5. The lowest BCUT2D eigenvalue weighted by molar-refractivity contribution is 0.244. The third-order valence-corrected chi connectivity index (χ3v) is 4.65. The number of sulfone groups is 1. The molecule has 0 bridgehead atoms. The molecule has 1 fully saturated rings. The van der Waals surface area contributed by atoms with Crippen molar-refractivity contribution in [3.05, 3.63) is 12.2 Å². The quantitative estimate of drug-likeness (QED) is 0.708. The highest BCUT2D eigenvalue weighted by molar-refractivity contribution is 7.91. The molecule has 1 unspecified atom stereocenters. The Labute approximate surface area is 98.6 Å². The molecule has 0 aliphatic carbocycles. The van der Waals surface area contributed by atoms with Gasteiger partial charge in [-0.3, -0.25) is 4.90 Å². The van der Waals surface area contributed by atoms with E-state index in [0.29, 0.717) is 6.54 Å². The normalized spacial score (nSPS) is 25.5. The van der Waals surface area contributed by atoms with E-state index < -0.39 is 9.84 Å². The van der Waals surface area contributed by atoms with Gasteiger partial charge in [0.1, 0.15) is 0 Å². The first kappa shape index (κ1) is 13.7. The highest BCUT2D eigenvalue weighted by atomic mass is 32.2. The molecular weight excluding hydrogens is 224 g/mol. The van der Waals surface area contributed by atoms with Gasteiger partial charge in [-0.2, -0.15) is 0 Å². The van der Waals surface area contributed by atoms with Crippen LogP contribution in [0.2, 0.25) is 0 Å². The van der Waals surface area contributed by atoms with Gasteiger partial charge in [0, 0.05) is 25.7 Å². The number of hydrogen-bond donors (Lipinski definition) is 1. The first-order chi connectivity index (χ1) is 7.44. The van der Waals surface area contributed by atoms with Gasteiger partial charge < -0.3 is 5.32 Å². The predicted octanol–water partition coefficient (Wildman–Crippen LogP) is 0.271. The molecule has 94 valence electrons. The second-order valence-electron chi connectivity index (χ2n) is 4.46. The third-order valence-electron chi connectivity index (χ3n) is 2.86. The van der Waals surface area contributed by atoms with Crippen LogP contribution >= 0.6 is 0 Å². The molecule has 0 radical (unpaired) electrons. The van der Waals surface area contributed by atoms with Crippen LogP contribution in [0, 0.1) is 0 Å². The summed E-state index contributed by atoms with van der Waals surface area (Å²) < 4.78 is 22.8. The van der Waals surface area contributed by atoms with Crippen LogP contribution in [0.5, 0.6) is 0 Å². The molecule has 1 saturated heterocycles. The molecule has 1 rings (SSSR count). The third kappa shape index (κ3) is 4.23. The van der Waals surface area contributed by atoms with Crippen molar-refractivity contribution in [3.63, 3.8) is 0 Å². The minimum absolute atomic E-state index is 0.108. The van der Waals surface area contributed by atoms with Gasteiger partial charge in [-0.15, -0.1) is 0 Å². The molecule has 0 spiro atoms. The van der Waals surface area contributed by atoms with Crippen molar-refractivity contribution >= 4 is 9.84 Å². The van der Waals surface area contributed by atoms with E-state index in [9.17, 15) is 8.42 Å². The fraction of sp³-hybridized carbons (Fsp3) is 0.818. The molecule has 4 nitrogen and oxygen atoms in total. The van der Waals surface area contributed by atoms with Gasteiger partial charge in [0.05, 0.1) is 11.5 Å². The minimum atomic E-state index is -2.80. The first-order valence-corrected chi connectivity index (χ1v) is 7.58. The summed E-state index contributed by atoms with van der Waals surface area (Å²) in [4.78, 5) is 2.20. The van der Waals surface area contributed by atoms with Crippen molar-refractivity contribution in [2.45, 2.75) is 19.9 Å². The Morgan fingerprint density at radius 3 is 2.81 bits per heavy atom. The molecular formula is C11H22N2O2S. The molecule has 16 heavy (non-hydrogen) atoms. The van der Waals surface area contributed by atoms with Crippen molar-refractivity contribution in [3.8, 4) is 0 Å². The summed E-state index contributed by atoms with van der Waals surface area (Å²) >= 11 is 0. The summed E-state index contributed by atoms with van der Waals surface area (Å²) in [5, 5.41) is 3.22. The number of nitrogens with one attached hydrogen (secondary N) is 1. The molecule has 5 heteroatoms. The lowest BCUT2D eigenvalue weighted by atomic mass is 10.2. The second kappa shape index (κ2) is 5.80. The Morgan fingerprint density at radius 2 is 2.25 bits per heavy atom. The summed E-state index contributed by atoms with van der Waals surface area (Å²) in [6, 6.07) is 0.108. The second-order valence-corrected chi connectivity index (χ2v) is 6.69. The number of likely N-dealkylation sites (N-methyl/N-ethyl adjacent to an activating group) is 1. The fourth-order valence-electron chi connectivity index (χ4n) is 1.91. The summed E-state index contributed by atoms with van der Waals surface area (Å²) in [5.41, 5.74) is 1.12. The molecule has 1 aliphatic rings. The monoisotopic (exact) mass is 246 g/mol. The van der Waals surface area contributed by atoms with Crippen molar-refractivity contribution in [2.75, 3.05) is 37.7 Å². The average molecular weight is 246 g/mol. The number of hydrogen-bond acceptors (Lipinski definition) is 4. The summed E-state index contributed by atoms with van der Waals surface area (Å²) in [5.74, 6) is 0.563. The maximum atomic E-state index is 11.4. The van der Waals surface area contributed by atoms with Gasteiger partial charge in [-0.05, 0) is 19.0 Å². The highest BCUT2D eigenvalue weighted by Gasteiger charge is 2.27. The van der Waals surface area contributed by atoms with E-state index in [1.807, 2.05) is 6.92 Å².